The Hall–Kier alpha value is -2.17. The van der Waals surface area contributed by atoms with E-state index in [0.29, 0.717) is 11.7 Å². The normalized spacial score (nSPS) is 21.4. The van der Waals surface area contributed by atoms with Gasteiger partial charge in [-0.05, 0) is 45.1 Å². The van der Waals surface area contributed by atoms with Crippen LogP contribution in [-0.2, 0) is 4.79 Å². The van der Waals surface area contributed by atoms with Crippen LogP contribution in [0.25, 0.3) is 11.4 Å². The highest BCUT2D eigenvalue weighted by Crippen LogP contribution is 2.37. The van der Waals surface area contributed by atoms with Crippen LogP contribution < -0.4 is 0 Å². The predicted octanol–water partition coefficient (Wildman–Crippen LogP) is 3.51. The Morgan fingerprint density at radius 3 is 2.91 bits per heavy atom. The molecule has 1 atom stereocenters. The first-order chi connectivity index (χ1) is 11.2. The molecule has 0 radical (unpaired) electrons. The molecular weight excluding hydrogens is 290 g/mol. The smallest absolute Gasteiger partial charge is 0.249 e. The van der Waals surface area contributed by atoms with Crippen LogP contribution >= 0.6 is 0 Å². The summed E-state index contributed by atoms with van der Waals surface area (Å²) in [6.45, 7) is 2.85. The SMILES string of the molecule is Cc1cccc(-c2noc(C3CCCCN3C(=O)C3CC3)n2)c1. The van der Waals surface area contributed by atoms with Crippen molar-refractivity contribution in [2.75, 3.05) is 6.54 Å². The number of hydrogen-bond donors (Lipinski definition) is 0. The lowest BCUT2D eigenvalue weighted by Gasteiger charge is -2.33. The van der Waals surface area contributed by atoms with E-state index in [9.17, 15) is 4.79 Å². The summed E-state index contributed by atoms with van der Waals surface area (Å²) in [5, 5.41) is 4.13. The van der Waals surface area contributed by atoms with Crippen molar-refractivity contribution in [1.29, 1.82) is 0 Å². The molecule has 2 aromatic rings. The maximum absolute atomic E-state index is 12.5. The Kier molecular flexibility index (Phi) is 3.63. The summed E-state index contributed by atoms with van der Waals surface area (Å²) in [7, 11) is 0. The Labute approximate surface area is 135 Å². The fourth-order valence-electron chi connectivity index (χ4n) is 3.29. The second-order valence-corrected chi connectivity index (χ2v) is 6.64. The van der Waals surface area contributed by atoms with Gasteiger partial charge in [-0.1, -0.05) is 28.9 Å². The zero-order valence-electron chi connectivity index (χ0n) is 13.4. The number of carbonyl (C=O) groups excluding carboxylic acids is 1. The molecule has 0 spiro atoms. The lowest BCUT2D eigenvalue weighted by molar-refractivity contribution is -0.137. The van der Waals surface area contributed by atoms with Gasteiger partial charge in [0.15, 0.2) is 0 Å². The summed E-state index contributed by atoms with van der Waals surface area (Å²) < 4.78 is 5.52. The summed E-state index contributed by atoms with van der Waals surface area (Å²) in [5.41, 5.74) is 2.12. The average Bonchev–Trinajstić information content (AvgIpc) is 3.31. The monoisotopic (exact) mass is 311 g/mol. The predicted molar refractivity (Wildman–Crippen MR) is 85.5 cm³/mol. The molecule has 1 saturated heterocycles. The van der Waals surface area contributed by atoms with E-state index < -0.39 is 0 Å². The van der Waals surface area contributed by atoms with Crippen LogP contribution in [0.3, 0.4) is 0 Å². The molecule has 1 saturated carbocycles. The van der Waals surface area contributed by atoms with Gasteiger partial charge in [-0.3, -0.25) is 4.79 Å². The molecule has 4 rings (SSSR count). The molecule has 5 heteroatoms. The third-order valence-electron chi connectivity index (χ3n) is 4.72. The minimum absolute atomic E-state index is 0.0529. The molecule has 0 N–H and O–H groups in total. The number of hydrogen-bond acceptors (Lipinski definition) is 4. The third-order valence-corrected chi connectivity index (χ3v) is 4.72. The molecule has 5 nitrogen and oxygen atoms in total. The van der Waals surface area contributed by atoms with Gasteiger partial charge in [0.25, 0.3) is 0 Å². The molecule has 0 bridgehead atoms. The number of amides is 1. The number of nitrogens with zero attached hydrogens (tertiary/aromatic N) is 3. The van der Waals surface area contributed by atoms with E-state index in [2.05, 4.69) is 10.1 Å². The van der Waals surface area contributed by atoms with Crippen molar-refractivity contribution in [2.45, 2.75) is 45.1 Å². The molecule has 1 aliphatic heterocycles. The molecule has 23 heavy (non-hydrogen) atoms. The van der Waals surface area contributed by atoms with E-state index in [1.165, 1.54) is 0 Å². The Morgan fingerprint density at radius 2 is 2.13 bits per heavy atom. The van der Waals surface area contributed by atoms with Gasteiger partial charge in [0.05, 0.1) is 0 Å². The minimum Gasteiger partial charge on any atom is -0.337 e. The van der Waals surface area contributed by atoms with Crippen molar-refractivity contribution < 1.29 is 9.32 Å². The maximum atomic E-state index is 12.5. The largest absolute Gasteiger partial charge is 0.337 e. The average molecular weight is 311 g/mol. The minimum atomic E-state index is -0.0529. The molecule has 2 aliphatic rings. The van der Waals surface area contributed by atoms with Gasteiger partial charge in [0.1, 0.15) is 6.04 Å². The lowest BCUT2D eigenvalue weighted by atomic mass is 10.0. The standard InChI is InChI=1S/C18H21N3O2/c1-12-5-4-6-14(11-12)16-19-17(23-20-16)15-7-2-3-10-21(15)18(22)13-8-9-13/h4-6,11,13,15H,2-3,7-10H2,1H3. The van der Waals surface area contributed by atoms with Gasteiger partial charge >= 0.3 is 0 Å². The zero-order chi connectivity index (χ0) is 15.8. The number of likely N-dealkylation sites (tertiary alicyclic amines) is 1. The fraction of sp³-hybridized carbons (Fsp3) is 0.500. The number of aryl methyl sites for hydroxylation is 1. The van der Waals surface area contributed by atoms with Crippen molar-refractivity contribution in [3.63, 3.8) is 0 Å². The Balaban J connectivity index is 1.60. The van der Waals surface area contributed by atoms with Crippen LogP contribution in [0.4, 0.5) is 0 Å². The van der Waals surface area contributed by atoms with Crippen LogP contribution in [0.15, 0.2) is 28.8 Å². The van der Waals surface area contributed by atoms with Crippen LogP contribution in [-0.4, -0.2) is 27.5 Å². The van der Waals surface area contributed by atoms with E-state index in [1.807, 2.05) is 36.1 Å². The molecule has 2 heterocycles. The number of piperidine rings is 1. The lowest BCUT2D eigenvalue weighted by Crippen LogP contribution is -2.39. The van der Waals surface area contributed by atoms with Crippen molar-refractivity contribution in [1.82, 2.24) is 15.0 Å². The van der Waals surface area contributed by atoms with Crippen molar-refractivity contribution in [3.8, 4) is 11.4 Å². The summed E-state index contributed by atoms with van der Waals surface area (Å²) in [5.74, 6) is 1.68. The van der Waals surface area contributed by atoms with E-state index in [-0.39, 0.29) is 17.9 Å². The maximum Gasteiger partial charge on any atom is 0.249 e. The van der Waals surface area contributed by atoms with Crippen LogP contribution in [0.1, 0.15) is 49.6 Å². The molecule has 1 amide bonds. The summed E-state index contributed by atoms with van der Waals surface area (Å²) >= 11 is 0. The van der Waals surface area contributed by atoms with Gasteiger partial charge < -0.3 is 9.42 Å². The van der Waals surface area contributed by atoms with E-state index in [4.69, 9.17) is 4.52 Å². The molecule has 1 unspecified atom stereocenters. The van der Waals surface area contributed by atoms with E-state index in [0.717, 1.165) is 49.8 Å². The summed E-state index contributed by atoms with van der Waals surface area (Å²) in [4.78, 5) is 19.1. The number of aromatic nitrogens is 2. The van der Waals surface area contributed by atoms with E-state index in [1.54, 1.807) is 0 Å². The zero-order valence-corrected chi connectivity index (χ0v) is 13.4. The quantitative estimate of drug-likeness (QED) is 0.870. The van der Waals surface area contributed by atoms with Gasteiger partial charge in [0, 0.05) is 18.0 Å². The fourth-order valence-corrected chi connectivity index (χ4v) is 3.29. The van der Waals surface area contributed by atoms with Crippen molar-refractivity contribution in [2.24, 2.45) is 5.92 Å². The van der Waals surface area contributed by atoms with Gasteiger partial charge in [-0.2, -0.15) is 4.98 Å². The molecule has 120 valence electrons. The van der Waals surface area contributed by atoms with Crippen LogP contribution in [0.5, 0.6) is 0 Å². The van der Waals surface area contributed by atoms with E-state index >= 15 is 0 Å². The summed E-state index contributed by atoms with van der Waals surface area (Å²) in [6, 6.07) is 8.01. The number of carbonyl (C=O) groups is 1. The topological polar surface area (TPSA) is 59.2 Å². The highest BCUT2D eigenvalue weighted by Gasteiger charge is 2.39. The molecule has 1 aliphatic carbocycles. The molecule has 2 fully saturated rings. The van der Waals surface area contributed by atoms with Crippen LogP contribution in [0.2, 0.25) is 0 Å². The summed E-state index contributed by atoms with van der Waals surface area (Å²) in [6.07, 6.45) is 5.13. The van der Waals surface area contributed by atoms with Crippen molar-refractivity contribution in [3.05, 3.63) is 35.7 Å². The second kappa shape index (κ2) is 5.80. The van der Waals surface area contributed by atoms with Gasteiger partial charge in [0.2, 0.25) is 17.6 Å². The Bertz CT molecular complexity index is 721. The third kappa shape index (κ3) is 2.87. The van der Waals surface area contributed by atoms with Gasteiger partial charge in [-0.15, -0.1) is 0 Å². The number of benzene rings is 1. The van der Waals surface area contributed by atoms with Gasteiger partial charge in [-0.25, -0.2) is 0 Å². The second-order valence-electron chi connectivity index (χ2n) is 6.64. The Morgan fingerprint density at radius 1 is 1.26 bits per heavy atom. The molecule has 1 aromatic carbocycles. The highest BCUT2D eigenvalue weighted by atomic mass is 16.5. The first kappa shape index (κ1) is 14.4. The molecule has 1 aromatic heterocycles. The molecular formula is C18H21N3O2. The first-order valence-corrected chi connectivity index (χ1v) is 8.43. The number of rotatable bonds is 3. The van der Waals surface area contributed by atoms with Crippen LogP contribution in [0, 0.1) is 12.8 Å². The van der Waals surface area contributed by atoms with Crippen molar-refractivity contribution >= 4 is 5.91 Å². The first-order valence-electron chi connectivity index (χ1n) is 8.43. The highest BCUT2D eigenvalue weighted by molar-refractivity contribution is 5.81.